The molecule has 0 saturated carbocycles. The number of rotatable bonds is 4. The van der Waals surface area contributed by atoms with E-state index in [1.165, 1.54) is 12.1 Å². The van der Waals surface area contributed by atoms with Crippen molar-refractivity contribution in [3.8, 4) is 11.1 Å². The standard InChI is InChI=1S/C19H19Cl2FN2O2/c1-24-7-6-12(10-24)11-26-19(25)23-18-5-3-14(20)9-15(18)13-2-4-17(22)16(21)8-13/h2-5,8-9,12H,6-7,10-11H2,1H3,(H,23,25)/t12-/m1/s1. The molecule has 2 aromatic carbocycles. The van der Waals surface area contributed by atoms with Gasteiger partial charge in [-0.15, -0.1) is 0 Å². The first kappa shape index (κ1) is 19.0. The molecule has 0 aliphatic carbocycles. The van der Waals surface area contributed by atoms with Crippen molar-refractivity contribution in [1.29, 1.82) is 0 Å². The number of anilines is 1. The molecule has 1 aliphatic rings. The van der Waals surface area contributed by atoms with Crippen LogP contribution in [0, 0.1) is 11.7 Å². The lowest BCUT2D eigenvalue weighted by atomic mass is 10.0. The highest BCUT2D eigenvalue weighted by molar-refractivity contribution is 6.31. The SMILES string of the molecule is CN1CC[C@@H](COC(=O)Nc2ccc(Cl)cc2-c2ccc(F)c(Cl)c2)C1. The number of hydrogen-bond acceptors (Lipinski definition) is 3. The van der Waals surface area contributed by atoms with Gasteiger partial charge in [-0.3, -0.25) is 5.32 Å². The van der Waals surface area contributed by atoms with E-state index in [0.29, 0.717) is 34.4 Å². The Labute approximate surface area is 161 Å². The van der Waals surface area contributed by atoms with Crippen molar-refractivity contribution in [3.63, 3.8) is 0 Å². The second-order valence-electron chi connectivity index (χ2n) is 6.46. The zero-order valence-corrected chi connectivity index (χ0v) is 15.8. The van der Waals surface area contributed by atoms with Crippen LogP contribution in [0.5, 0.6) is 0 Å². The van der Waals surface area contributed by atoms with Crippen LogP contribution >= 0.6 is 23.2 Å². The third-order valence-electron chi connectivity index (χ3n) is 4.39. The summed E-state index contributed by atoms with van der Waals surface area (Å²) in [6.45, 7) is 2.32. The Morgan fingerprint density at radius 3 is 2.81 bits per heavy atom. The van der Waals surface area contributed by atoms with E-state index in [1.54, 1.807) is 24.3 Å². The van der Waals surface area contributed by atoms with Gasteiger partial charge < -0.3 is 9.64 Å². The maximum Gasteiger partial charge on any atom is 0.411 e. The summed E-state index contributed by atoms with van der Waals surface area (Å²) in [4.78, 5) is 14.4. The maximum absolute atomic E-state index is 13.4. The Kier molecular flexibility index (Phi) is 6.01. The number of likely N-dealkylation sites (tertiary alicyclic amines) is 1. The van der Waals surface area contributed by atoms with Gasteiger partial charge in [0.25, 0.3) is 0 Å². The largest absolute Gasteiger partial charge is 0.449 e. The molecule has 1 fully saturated rings. The summed E-state index contributed by atoms with van der Waals surface area (Å²) in [5.41, 5.74) is 1.80. The van der Waals surface area contributed by atoms with E-state index in [1.807, 2.05) is 7.05 Å². The Bertz CT molecular complexity index is 816. The van der Waals surface area contributed by atoms with Crippen LogP contribution in [-0.4, -0.2) is 37.7 Å². The van der Waals surface area contributed by atoms with Gasteiger partial charge >= 0.3 is 6.09 Å². The van der Waals surface area contributed by atoms with Crippen molar-refractivity contribution >= 4 is 35.0 Å². The Balaban J connectivity index is 1.73. The summed E-state index contributed by atoms with van der Waals surface area (Å²) in [7, 11) is 2.05. The molecule has 1 heterocycles. The number of halogens is 3. The minimum absolute atomic E-state index is 0.00125. The van der Waals surface area contributed by atoms with Gasteiger partial charge in [0.05, 0.1) is 17.3 Å². The van der Waals surface area contributed by atoms with Crippen LogP contribution in [0.15, 0.2) is 36.4 Å². The molecule has 0 spiro atoms. The number of nitrogens with one attached hydrogen (secondary N) is 1. The molecule has 1 saturated heterocycles. The molecule has 0 radical (unpaired) electrons. The van der Waals surface area contributed by atoms with Crippen molar-refractivity contribution in [2.45, 2.75) is 6.42 Å². The summed E-state index contributed by atoms with van der Waals surface area (Å²) in [6, 6.07) is 9.38. The fourth-order valence-corrected chi connectivity index (χ4v) is 3.38. The van der Waals surface area contributed by atoms with Crippen molar-refractivity contribution in [1.82, 2.24) is 4.90 Å². The molecule has 1 aliphatic heterocycles. The number of carbonyl (C=O) groups excluding carboxylic acids is 1. The molecule has 1 N–H and O–H groups in total. The van der Waals surface area contributed by atoms with E-state index in [2.05, 4.69) is 10.2 Å². The molecule has 0 bridgehead atoms. The molecule has 1 atom stereocenters. The first-order chi connectivity index (χ1) is 12.4. The highest BCUT2D eigenvalue weighted by Crippen LogP contribution is 2.33. The van der Waals surface area contributed by atoms with Gasteiger partial charge in [-0.1, -0.05) is 29.3 Å². The lowest BCUT2D eigenvalue weighted by molar-refractivity contribution is 0.142. The molecule has 4 nitrogen and oxygen atoms in total. The molecule has 2 aromatic rings. The molecule has 0 aromatic heterocycles. The normalized spacial score (nSPS) is 17.3. The zero-order chi connectivity index (χ0) is 18.7. The Morgan fingerprint density at radius 1 is 1.31 bits per heavy atom. The van der Waals surface area contributed by atoms with Gasteiger partial charge in [0.1, 0.15) is 5.82 Å². The van der Waals surface area contributed by atoms with Crippen LogP contribution in [-0.2, 0) is 4.74 Å². The molecule has 3 rings (SSSR count). The smallest absolute Gasteiger partial charge is 0.411 e. The average molecular weight is 397 g/mol. The lowest BCUT2D eigenvalue weighted by Gasteiger charge is -2.14. The van der Waals surface area contributed by atoms with E-state index in [-0.39, 0.29) is 5.02 Å². The summed E-state index contributed by atoms with van der Waals surface area (Å²) >= 11 is 12.0. The van der Waals surface area contributed by atoms with Gasteiger partial charge in [-0.25, -0.2) is 9.18 Å². The first-order valence-electron chi connectivity index (χ1n) is 8.29. The van der Waals surface area contributed by atoms with E-state index in [9.17, 15) is 9.18 Å². The van der Waals surface area contributed by atoms with Gasteiger partial charge in [-0.2, -0.15) is 0 Å². The highest BCUT2D eigenvalue weighted by atomic mass is 35.5. The molecule has 7 heteroatoms. The van der Waals surface area contributed by atoms with Crippen LogP contribution < -0.4 is 5.32 Å². The van der Waals surface area contributed by atoms with Gasteiger partial charge in [0, 0.05) is 23.0 Å². The third kappa shape index (κ3) is 4.67. The monoisotopic (exact) mass is 396 g/mol. The third-order valence-corrected chi connectivity index (χ3v) is 4.91. The van der Waals surface area contributed by atoms with E-state index in [0.717, 1.165) is 19.5 Å². The minimum Gasteiger partial charge on any atom is -0.449 e. The Hall–Kier alpha value is -1.82. The summed E-state index contributed by atoms with van der Waals surface area (Å²) < 4.78 is 18.8. The summed E-state index contributed by atoms with van der Waals surface area (Å²) in [5, 5.41) is 3.23. The van der Waals surface area contributed by atoms with Crippen LogP contribution in [0.4, 0.5) is 14.9 Å². The van der Waals surface area contributed by atoms with Crippen LogP contribution in [0.25, 0.3) is 11.1 Å². The van der Waals surface area contributed by atoms with Crippen LogP contribution in [0.2, 0.25) is 10.0 Å². The fourth-order valence-electron chi connectivity index (χ4n) is 3.03. The molecule has 1 amide bonds. The number of ether oxygens (including phenoxy) is 1. The van der Waals surface area contributed by atoms with Crippen molar-refractivity contribution in [3.05, 3.63) is 52.3 Å². The van der Waals surface area contributed by atoms with E-state index in [4.69, 9.17) is 27.9 Å². The predicted molar refractivity (Wildman–Crippen MR) is 102 cm³/mol. The quantitative estimate of drug-likeness (QED) is 0.761. The summed E-state index contributed by atoms with van der Waals surface area (Å²) in [5.74, 6) is -0.153. The van der Waals surface area contributed by atoms with Gasteiger partial charge in [0.2, 0.25) is 0 Å². The molecular formula is C19H19Cl2FN2O2. The van der Waals surface area contributed by atoms with Crippen molar-refractivity contribution in [2.75, 3.05) is 32.1 Å². The highest BCUT2D eigenvalue weighted by Gasteiger charge is 2.21. The number of amides is 1. The molecule has 26 heavy (non-hydrogen) atoms. The van der Waals surface area contributed by atoms with Crippen LogP contribution in [0.3, 0.4) is 0 Å². The van der Waals surface area contributed by atoms with E-state index >= 15 is 0 Å². The topological polar surface area (TPSA) is 41.6 Å². The molecule has 138 valence electrons. The van der Waals surface area contributed by atoms with Gasteiger partial charge in [-0.05, 0) is 55.9 Å². The van der Waals surface area contributed by atoms with Crippen LogP contribution in [0.1, 0.15) is 6.42 Å². The number of hydrogen-bond donors (Lipinski definition) is 1. The predicted octanol–water partition coefficient (Wildman–Crippen LogP) is 5.30. The minimum atomic E-state index is -0.531. The number of nitrogens with zero attached hydrogens (tertiary/aromatic N) is 1. The van der Waals surface area contributed by atoms with E-state index < -0.39 is 11.9 Å². The lowest BCUT2D eigenvalue weighted by Crippen LogP contribution is -2.21. The number of carbonyl (C=O) groups is 1. The second kappa shape index (κ2) is 8.25. The van der Waals surface area contributed by atoms with Gasteiger partial charge in [0.15, 0.2) is 0 Å². The zero-order valence-electron chi connectivity index (χ0n) is 14.3. The summed E-state index contributed by atoms with van der Waals surface area (Å²) in [6.07, 6.45) is 0.487. The first-order valence-corrected chi connectivity index (χ1v) is 9.05. The fraction of sp³-hybridized carbons (Fsp3) is 0.316. The van der Waals surface area contributed by atoms with Crippen molar-refractivity contribution < 1.29 is 13.9 Å². The Morgan fingerprint density at radius 2 is 2.12 bits per heavy atom. The second-order valence-corrected chi connectivity index (χ2v) is 7.30. The average Bonchev–Trinajstić information content (AvgIpc) is 3.02. The van der Waals surface area contributed by atoms with Crippen molar-refractivity contribution in [2.24, 2.45) is 5.92 Å². The molecular weight excluding hydrogens is 378 g/mol. The number of benzene rings is 2. The maximum atomic E-state index is 13.4. The molecule has 0 unspecified atom stereocenters.